The molecule has 0 radical (unpaired) electrons. The summed E-state index contributed by atoms with van der Waals surface area (Å²) in [6.45, 7) is 6.26. The quantitative estimate of drug-likeness (QED) is 0.916. The highest BCUT2D eigenvalue weighted by atomic mass is 79.9. The Bertz CT molecular complexity index is 333. The average Bonchev–Trinajstić information content (AvgIpc) is 2.49. The van der Waals surface area contributed by atoms with E-state index in [0.717, 1.165) is 6.42 Å². The number of carbonyl (C=O) groups is 1. The van der Waals surface area contributed by atoms with Crippen LogP contribution in [0.2, 0.25) is 0 Å². The van der Waals surface area contributed by atoms with Crippen LogP contribution in [0.15, 0.2) is 21.2 Å². The lowest BCUT2D eigenvalue weighted by molar-refractivity contribution is 0.0907. The van der Waals surface area contributed by atoms with Crippen LogP contribution in [0.25, 0.3) is 0 Å². The Morgan fingerprint density at radius 1 is 1.47 bits per heavy atom. The molecular weight excluding hydrogens is 258 g/mol. The first kappa shape index (κ1) is 12.3. The third-order valence-electron chi connectivity index (χ3n) is 2.00. The maximum absolute atomic E-state index is 11.6. The van der Waals surface area contributed by atoms with Crippen LogP contribution < -0.4 is 5.32 Å². The van der Waals surface area contributed by atoms with E-state index in [2.05, 4.69) is 35.1 Å². The fourth-order valence-corrected chi connectivity index (χ4v) is 1.80. The van der Waals surface area contributed by atoms with E-state index in [1.807, 2.05) is 6.92 Å². The molecule has 1 aromatic rings. The van der Waals surface area contributed by atoms with Crippen molar-refractivity contribution in [3.8, 4) is 0 Å². The van der Waals surface area contributed by atoms with Gasteiger partial charge in [0.15, 0.2) is 10.4 Å². The van der Waals surface area contributed by atoms with Crippen LogP contribution in [-0.2, 0) is 0 Å². The summed E-state index contributed by atoms with van der Waals surface area (Å²) < 4.78 is 5.73. The first-order valence-corrected chi connectivity index (χ1v) is 5.84. The number of hydrogen-bond acceptors (Lipinski definition) is 2. The lowest BCUT2D eigenvalue weighted by Crippen LogP contribution is -2.33. The number of hydrogen-bond donors (Lipinski definition) is 1. The number of furan rings is 1. The minimum Gasteiger partial charge on any atom is -0.444 e. The number of nitrogens with one attached hydrogen (secondary N) is 1. The molecule has 1 aromatic heterocycles. The molecule has 0 saturated carbocycles. The molecule has 15 heavy (non-hydrogen) atoms. The van der Waals surface area contributed by atoms with E-state index in [9.17, 15) is 4.79 Å². The molecule has 1 unspecified atom stereocenters. The van der Waals surface area contributed by atoms with Crippen LogP contribution >= 0.6 is 15.9 Å². The van der Waals surface area contributed by atoms with Crippen molar-refractivity contribution in [1.29, 1.82) is 0 Å². The molecule has 1 atom stereocenters. The molecule has 1 heterocycles. The Kier molecular flexibility index (Phi) is 4.39. The van der Waals surface area contributed by atoms with Crippen molar-refractivity contribution >= 4 is 21.8 Å². The standard InChI is InChI=1S/C11H16BrNO2/c1-7(2)6-8(3)13-11(14)9-4-5-10(12)15-9/h4-5,7-8H,6H2,1-3H3,(H,13,14). The van der Waals surface area contributed by atoms with E-state index in [0.29, 0.717) is 16.3 Å². The van der Waals surface area contributed by atoms with Crippen molar-refractivity contribution < 1.29 is 9.21 Å². The van der Waals surface area contributed by atoms with Crippen LogP contribution in [0.3, 0.4) is 0 Å². The SMILES string of the molecule is CC(C)CC(C)NC(=O)c1ccc(Br)o1. The molecule has 0 aliphatic carbocycles. The van der Waals surface area contributed by atoms with E-state index >= 15 is 0 Å². The van der Waals surface area contributed by atoms with Crippen LogP contribution in [0.1, 0.15) is 37.7 Å². The average molecular weight is 274 g/mol. The highest BCUT2D eigenvalue weighted by Crippen LogP contribution is 2.14. The van der Waals surface area contributed by atoms with E-state index in [1.165, 1.54) is 0 Å². The van der Waals surface area contributed by atoms with Gasteiger partial charge < -0.3 is 9.73 Å². The van der Waals surface area contributed by atoms with Gasteiger partial charge in [-0.1, -0.05) is 13.8 Å². The highest BCUT2D eigenvalue weighted by molar-refractivity contribution is 9.10. The van der Waals surface area contributed by atoms with Gasteiger partial charge in [0, 0.05) is 6.04 Å². The molecule has 0 aliphatic heterocycles. The third kappa shape index (κ3) is 4.08. The Labute approximate surface area is 98.4 Å². The molecule has 1 rings (SSSR count). The molecule has 1 amide bonds. The van der Waals surface area contributed by atoms with Crippen molar-refractivity contribution in [3.05, 3.63) is 22.6 Å². The van der Waals surface area contributed by atoms with Crippen LogP contribution in [-0.4, -0.2) is 11.9 Å². The summed E-state index contributed by atoms with van der Waals surface area (Å²) in [5.41, 5.74) is 0. The summed E-state index contributed by atoms with van der Waals surface area (Å²) in [6, 6.07) is 3.53. The Morgan fingerprint density at radius 3 is 2.60 bits per heavy atom. The van der Waals surface area contributed by atoms with Gasteiger partial charge >= 0.3 is 0 Å². The smallest absolute Gasteiger partial charge is 0.287 e. The number of amides is 1. The van der Waals surface area contributed by atoms with Gasteiger partial charge in [0.1, 0.15) is 0 Å². The van der Waals surface area contributed by atoms with Crippen molar-refractivity contribution in [1.82, 2.24) is 5.32 Å². The molecule has 0 spiro atoms. The molecule has 84 valence electrons. The van der Waals surface area contributed by atoms with Gasteiger partial charge in [0.05, 0.1) is 0 Å². The topological polar surface area (TPSA) is 42.2 Å². The Balaban J connectivity index is 2.49. The number of rotatable bonds is 4. The molecule has 0 saturated heterocycles. The molecule has 0 fully saturated rings. The predicted octanol–water partition coefficient (Wildman–Crippen LogP) is 3.21. The lowest BCUT2D eigenvalue weighted by Gasteiger charge is -2.14. The van der Waals surface area contributed by atoms with Gasteiger partial charge in [0.25, 0.3) is 5.91 Å². The summed E-state index contributed by atoms with van der Waals surface area (Å²) in [4.78, 5) is 11.6. The van der Waals surface area contributed by atoms with Crippen molar-refractivity contribution in [2.75, 3.05) is 0 Å². The molecule has 1 N–H and O–H groups in total. The third-order valence-corrected chi connectivity index (χ3v) is 2.43. The lowest BCUT2D eigenvalue weighted by atomic mass is 10.1. The summed E-state index contributed by atoms with van der Waals surface area (Å²) in [7, 11) is 0. The zero-order valence-corrected chi connectivity index (χ0v) is 10.8. The summed E-state index contributed by atoms with van der Waals surface area (Å²) in [6.07, 6.45) is 0.966. The summed E-state index contributed by atoms with van der Waals surface area (Å²) in [5.74, 6) is 0.759. The van der Waals surface area contributed by atoms with Crippen LogP contribution in [0.4, 0.5) is 0 Å². The second-order valence-electron chi connectivity index (χ2n) is 4.11. The maximum atomic E-state index is 11.6. The second kappa shape index (κ2) is 5.35. The molecule has 0 aliphatic rings. The van der Waals surface area contributed by atoms with Crippen molar-refractivity contribution in [2.24, 2.45) is 5.92 Å². The van der Waals surface area contributed by atoms with Crippen LogP contribution in [0, 0.1) is 5.92 Å². The number of carbonyl (C=O) groups excluding carboxylic acids is 1. The van der Waals surface area contributed by atoms with Gasteiger partial charge in [-0.3, -0.25) is 4.79 Å². The van der Waals surface area contributed by atoms with Gasteiger partial charge in [-0.2, -0.15) is 0 Å². The second-order valence-corrected chi connectivity index (χ2v) is 4.89. The molecule has 0 bridgehead atoms. The van der Waals surface area contributed by atoms with Gasteiger partial charge in [-0.15, -0.1) is 0 Å². The molecule has 3 nitrogen and oxygen atoms in total. The van der Waals surface area contributed by atoms with Gasteiger partial charge in [0.2, 0.25) is 0 Å². The first-order valence-electron chi connectivity index (χ1n) is 5.05. The van der Waals surface area contributed by atoms with E-state index in [-0.39, 0.29) is 11.9 Å². The monoisotopic (exact) mass is 273 g/mol. The fraction of sp³-hybridized carbons (Fsp3) is 0.545. The summed E-state index contributed by atoms with van der Waals surface area (Å²) >= 11 is 3.16. The molecule has 0 aromatic carbocycles. The predicted molar refractivity (Wildman–Crippen MR) is 62.8 cm³/mol. The minimum absolute atomic E-state index is 0.158. The first-order chi connectivity index (χ1) is 6.99. The minimum atomic E-state index is -0.158. The highest BCUT2D eigenvalue weighted by Gasteiger charge is 2.13. The number of halogens is 1. The van der Waals surface area contributed by atoms with Gasteiger partial charge in [-0.25, -0.2) is 0 Å². The zero-order valence-electron chi connectivity index (χ0n) is 9.21. The fourth-order valence-electron chi connectivity index (χ4n) is 1.50. The van der Waals surface area contributed by atoms with Crippen molar-refractivity contribution in [2.45, 2.75) is 33.2 Å². The largest absolute Gasteiger partial charge is 0.444 e. The summed E-state index contributed by atoms with van der Waals surface area (Å²) in [5, 5.41) is 2.89. The molecule has 4 heteroatoms. The van der Waals surface area contributed by atoms with E-state index < -0.39 is 0 Å². The zero-order chi connectivity index (χ0) is 11.4. The van der Waals surface area contributed by atoms with Crippen molar-refractivity contribution in [3.63, 3.8) is 0 Å². The Hall–Kier alpha value is -0.770. The van der Waals surface area contributed by atoms with E-state index in [4.69, 9.17) is 4.42 Å². The normalized spacial score (nSPS) is 12.9. The van der Waals surface area contributed by atoms with Crippen LogP contribution in [0.5, 0.6) is 0 Å². The van der Waals surface area contributed by atoms with E-state index in [1.54, 1.807) is 12.1 Å². The van der Waals surface area contributed by atoms with Gasteiger partial charge in [-0.05, 0) is 47.3 Å². The molecular formula is C11H16BrNO2. The Morgan fingerprint density at radius 2 is 2.13 bits per heavy atom. The maximum Gasteiger partial charge on any atom is 0.287 e.